The molecular formula is C43H55N5O9. The molecule has 0 aromatic heterocycles. The van der Waals surface area contributed by atoms with E-state index < -0.39 is 5.97 Å². The number of amides is 1. The first kappa shape index (κ1) is 43.0. The molecule has 2 unspecified atom stereocenters. The minimum Gasteiger partial charge on any atom is -0.512 e. The van der Waals surface area contributed by atoms with Crippen molar-refractivity contribution in [1.29, 1.82) is 0 Å². The molecule has 5 rings (SSSR count). The lowest BCUT2D eigenvalue weighted by molar-refractivity contribution is -0.141. The molecule has 8 bridgehead atoms. The predicted octanol–water partition coefficient (Wildman–Crippen LogP) is 5.59. The number of hydrogen-bond donors (Lipinski definition) is 3. The molecule has 57 heavy (non-hydrogen) atoms. The van der Waals surface area contributed by atoms with Crippen molar-refractivity contribution in [1.82, 2.24) is 10.6 Å². The van der Waals surface area contributed by atoms with Gasteiger partial charge >= 0.3 is 11.9 Å². The second-order valence-electron chi connectivity index (χ2n) is 14.3. The Kier molecular flexibility index (Phi) is 14.6. The highest BCUT2D eigenvalue weighted by molar-refractivity contribution is 6.32. The minimum absolute atomic E-state index is 0.117. The number of nitrogens with zero attached hydrogens (tertiary/aromatic N) is 3. The van der Waals surface area contributed by atoms with E-state index in [-0.39, 0.29) is 55.5 Å². The number of methoxy groups -OCH3 is 3. The van der Waals surface area contributed by atoms with E-state index in [4.69, 9.17) is 38.7 Å². The number of esters is 2. The van der Waals surface area contributed by atoms with Crippen LogP contribution in [0.4, 0.5) is 0 Å². The molecule has 0 aromatic rings. The molecule has 0 saturated carbocycles. The molecule has 14 heteroatoms. The van der Waals surface area contributed by atoms with Crippen molar-refractivity contribution in [3.8, 4) is 0 Å². The molecule has 1 saturated heterocycles. The Hall–Kier alpha value is -5.18. The molecule has 5 heterocycles. The van der Waals surface area contributed by atoms with Gasteiger partial charge in [0, 0.05) is 54.5 Å². The van der Waals surface area contributed by atoms with Crippen LogP contribution < -0.4 is 10.6 Å². The zero-order chi connectivity index (χ0) is 41.4. The Labute approximate surface area is 334 Å². The van der Waals surface area contributed by atoms with Gasteiger partial charge in [0.05, 0.1) is 99.2 Å². The van der Waals surface area contributed by atoms with Crippen molar-refractivity contribution in [2.24, 2.45) is 26.8 Å². The number of rotatable bonds is 16. The van der Waals surface area contributed by atoms with Gasteiger partial charge in [-0.15, -0.1) is 0 Å². The maximum atomic E-state index is 14.3. The number of hydrogen-bond acceptors (Lipinski definition) is 13. The topological polar surface area (TPSA) is 179 Å². The average Bonchev–Trinajstić information content (AvgIpc) is 3.87. The number of nitrogens with one attached hydrogen (secondary N) is 2. The smallest absolute Gasteiger partial charge is 0.310 e. The Morgan fingerprint density at radius 2 is 1.49 bits per heavy atom. The zero-order valence-electron chi connectivity index (χ0n) is 34.5. The Balaban J connectivity index is 1.69. The second kappa shape index (κ2) is 19.3. The van der Waals surface area contributed by atoms with Crippen LogP contribution in [0, 0.1) is 11.8 Å². The summed E-state index contributed by atoms with van der Waals surface area (Å²) in [7, 11) is 4.28. The number of aliphatic hydroxyl groups is 1. The van der Waals surface area contributed by atoms with Crippen molar-refractivity contribution in [3.63, 3.8) is 0 Å². The lowest BCUT2D eigenvalue weighted by Crippen LogP contribution is -2.33. The second-order valence-corrected chi connectivity index (χ2v) is 14.3. The molecule has 14 nitrogen and oxygen atoms in total. The number of ether oxygens (including phenoxy) is 5. The van der Waals surface area contributed by atoms with Gasteiger partial charge in [0.1, 0.15) is 0 Å². The summed E-state index contributed by atoms with van der Waals surface area (Å²) in [5.41, 5.74) is 9.68. The number of carbonyl (C=O) groups is 3. The summed E-state index contributed by atoms with van der Waals surface area (Å²) in [6.45, 7) is 13.7. The first-order chi connectivity index (χ1) is 27.3. The van der Waals surface area contributed by atoms with Crippen LogP contribution >= 0.6 is 0 Å². The summed E-state index contributed by atoms with van der Waals surface area (Å²) in [6.07, 6.45) is 6.69. The van der Waals surface area contributed by atoms with Crippen molar-refractivity contribution >= 4 is 35.0 Å². The maximum Gasteiger partial charge on any atom is 0.310 e. The van der Waals surface area contributed by atoms with Crippen LogP contribution in [0.25, 0.3) is 0 Å². The molecule has 306 valence electrons. The lowest BCUT2D eigenvalue weighted by Gasteiger charge is -2.20. The first-order valence-electron chi connectivity index (χ1n) is 19.4. The van der Waals surface area contributed by atoms with E-state index in [1.165, 1.54) is 14.2 Å². The lowest BCUT2D eigenvalue weighted by atomic mass is 9.84. The summed E-state index contributed by atoms with van der Waals surface area (Å²) < 4.78 is 26.4. The minimum atomic E-state index is -0.525. The first-order valence-corrected chi connectivity index (χ1v) is 19.4. The highest BCUT2D eigenvalue weighted by atomic mass is 16.5. The third-order valence-corrected chi connectivity index (χ3v) is 10.8. The Morgan fingerprint density at radius 3 is 2.16 bits per heavy atom. The Morgan fingerprint density at radius 1 is 0.825 bits per heavy atom. The van der Waals surface area contributed by atoms with Crippen molar-refractivity contribution in [2.75, 3.05) is 60.9 Å². The average molecular weight is 786 g/mol. The maximum absolute atomic E-state index is 14.3. The third-order valence-electron chi connectivity index (χ3n) is 10.8. The van der Waals surface area contributed by atoms with Crippen LogP contribution in [-0.2, 0) is 38.1 Å². The fourth-order valence-corrected chi connectivity index (χ4v) is 7.61. The highest BCUT2D eigenvalue weighted by Crippen LogP contribution is 2.43. The summed E-state index contributed by atoms with van der Waals surface area (Å²) in [6, 6.07) is 0. The number of aliphatic hydroxyl groups excluding tert-OH is 1. The van der Waals surface area contributed by atoms with Gasteiger partial charge < -0.3 is 39.4 Å². The van der Waals surface area contributed by atoms with Crippen molar-refractivity contribution in [2.45, 2.75) is 67.2 Å². The van der Waals surface area contributed by atoms with Gasteiger partial charge in [-0.2, -0.15) is 0 Å². The molecule has 2 atom stereocenters. The fraction of sp³-hybridized carbons (Fsp3) is 0.488. The van der Waals surface area contributed by atoms with Crippen LogP contribution in [0.1, 0.15) is 67.2 Å². The number of carbonyl (C=O) groups excluding carboxylic acids is 3. The number of allylic oxidation sites excluding steroid dienone is 11. The molecular weight excluding hydrogens is 730 g/mol. The van der Waals surface area contributed by atoms with E-state index in [2.05, 4.69) is 17.6 Å². The quantitative estimate of drug-likeness (QED) is 0.102. The molecule has 3 N–H and O–H groups in total. The highest BCUT2D eigenvalue weighted by Gasteiger charge is 2.40. The molecule has 1 amide bonds. The molecule has 1 fully saturated rings. The van der Waals surface area contributed by atoms with E-state index in [9.17, 15) is 19.5 Å². The van der Waals surface area contributed by atoms with Crippen LogP contribution in [0.15, 0.2) is 106 Å². The van der Waals surface area contributed by atoms with Gasteiger partial charge in [-0.05, 0) is 81.1 Å². The van der Waals surface area contributed by atoms with Crippen LogP contribution in [0.2, 0.25) is 0 Å². The van der Waals surface area contributed by atoms with Crippen LogP contribution in [-0.4, -0.2) is 101 Å². The van der Waals surface area contributed by atoms with Gasteiger partial charge in [0.25, 0.3) is 5.91 Å². The van der Waals surface area contributed by atoms with Crippen LogP contribution in [0.5, 0.6) is 0 Å². The number of fused-ring (bicyclic) bond motifs is 5. The fourth-order valence-electron chi connectivity index (χ4n) is 7.61. The van der Waals surface area contributed by atoms with E-state index in [0.717, 1.165) is 22.4 Å². The summed E-state index contributed by atoms with van der Waals surface area (Å²) in [4.78, 5) is 55.3. The van der Waals surface area contributed by atoms with Crippen LogP contribution in [0.3, 0.4) is 0 Å². The van der Waals surface area contributed by atoms with E-state index in [1.54, 1.807) is 14.0 Å². The monoisotopic (exact) mass is 785 g/mol. The molecule has 5 aliphatic heterocycles. The summed E-state index contributed by atoms with van der Waals surface area (Å²) in [5, 5.41) is 17.5. The third kappa shape index (κ3) is 9.52. The van der Waals surface area contributed by atoms with E-state index in [1.807, 2.05) is 45.9 Å². The molecule has 0 spiro atoms. The van der Waals surface area contributed by atoms with Gasteiger partial charge in [-0.25, -0.2) is 15.0 Å². The van der Waals surface area contributed by atoms with Gasteiger partial charge in [-0.1, -0.05) is 13.8 Å². The Bertz CT molecular complexity index is 2030. The zero-order valence-corrected chi connectivity index (χ0v) is 34.5. The van der Waals surface area contributed by atoms with Crippen molar-refractivity contribution < 1.29 is 43.2 Å². The summed E-state index contributed by atoms with van der Waals surface area (Å²) in [5.74, 6) is -1.65. The molecule has 5 aliphatic rings. The van der Waals surface area contributed by atoms with Gasteiger partial charge in [-0.3, -0.25) is 14.4 Å². The standard InChI is InChI=1S/C43H55N5O9/c1-10-28-23(2)31-22-36-39(27(6)49)25(4)33(46-36)20-32-24(3)29(11-12-37(50)54-8)41(47-32)30(19-38(51)55-9)42-40(26(5)34(48-42)21-35(28)45-31)43(52)44-13-14-56-17-18-57-16-15-53-7/h20-22,24,29,47,49H,10-19H2,1-9H3,(H,44,52). The van der Waals surface area contributed by atoms with Crippen molar-refractivity contribution in [3.05, 3.63) is 91.5 Å². The summed E-state index contributed by atoms with van der Waals surface area (Å²) >= 11 is 0. The van der Waals surface area contributed by atoms with Gasteiger partial charge in [0.15, 0.2) is 0 Å². The van der Waals surface area contributed by atoms with Gasteiger partial charge in [0.2, 0.25) is 0 Å². The normalized spacial score (nSPS) is 21.2. The number of aliphatic imine (C=N–C) groups is 3. The van der Waals surface area contributed by atoms with E-state index >= 15 is 0 Å². The van der Waals surface area contributed by atoms with E-state index in [0.29, 0.717) is 101 Å². The molecule has 0 aliphatic carbocycles. The molecule has 0 radical (unpaired) electrons. The molecule has 0 aromatic carbocycles. The largest absolute Gasteiger partial charge is 0.512 e. The predicted molar refractivity (Wildman–Crippen MR) is 217 cm³/mol. The SMILES string of the molecule is CCC1=C(C)C2=CC3=NC(=C(C)C3=C(C)O)C=C3NC(=C(CC(=O)OC)C4=NC(=CC1=N2)C(C)=C4C(=O)NCCOCCOCCOC)C(CCC(=O)OC)C3C.